The first-order valence-corrected chi connectivity index (χ1v) is 6.77. The quantitative estimate of drug-likeness (QED) is 0.621. The molecule has 4 heteroatoms. The van der Waals surface area contributed by atoms with Crippen LogP contribution in [0.5, 0.6) is 0 Å². The summed E-state index contributed by atoms with van der Waals surface area (Å²) in [6.45, 7) is 1.90. The van der Waals surface area contributed by atoms with Crippen molar-refractivity contribution in [2.24, 2.45) is 5.41 Å². The number of carbonyl (C=O) groups excluding carboxylic acids is 2. The summed E-state index contributed by atoms with van der Waals surface area (Å²) >= 11 is 0. The Morgan fingerprint density at radius 2 is 1.89 bits per heavy atom. The number of amides is 2. The molecule has 0 unspecified atom stereocenters. The van der Waals surface area contributed by atoms with E-state index in [2.05, 4.69) is 0 Å². The number of benzene rings is 1. The van der Waals surface area contributed by atoms with Gasteiger partial charge in [-0.3, -0.25) is 9.59 Å². The average molecular weight is 258 g/mol. The van der Waals surface area contributed by atoms with E-state index in [1.807, 2.05) is 13.0 Å². The van der Waals surface area contributed by atoms with E-state index >= 15 is 0 Å². The molecule has 1 aromatic rings. The van der Waals surface area contributed by atoms with Crippen molar-refractivity contribution in [2.45, 2.75) is 39.0 Å². The van der Waals surface area contributed by atoms with E-state index in [9.17, 15) is 9.59 Å². The summed E-state index contributed by atoms with van der Waals surface area (Å²) in [5, 5.41) is 0. The van der Waals surface area contributed by atoms with Crippen molar-refractivity contribution in [3.8, 4) is 0 Å². The van der Waals surface area contributed by atoms with Crippen LogP contribution in [-0.4, -0.2) is 11.8 Å². The molecule has 2 fully saturated rings. The van der Waals surface area contributed by atoms with Crippen molar-refractivity contribution in [3.63, 3.8) is 0 Å². The lowest BCUT2D eigenvalue weighted by molar-refractivity contribution is -0.125. The van der Waals surface area contributed by atoms with Crippen molar-refractivity contribution in [1.82, 2.24) is 0 Å². The number of carbonyl (C=O) groups is 2. The summed E-state index contributed by atoms with van der Waals surface area (Å²) < 4.78 is 0. The van der Waals surface area contributed by atoms with Gasteiger partial charge in [0.1, 0.15) is 0 Å². The molecule has 3 rings (SSSR count). The number of hydrogen-bond donors (Lipinski definition) is 1. The number of rotatable bonds is 1. The van der Waals surface area contributed by atoms with E-state index in [-0.39, 0.29) is 11.8 Å². The average Bonchev–Trinajstić information content (AvgIpc) is 2.91. The number of imide groups is 1. The summed E-state index contributed by atoms with van der Waals surface area (Å²) in [7, 11) is 0. The SMILES string of the molecule is Cc1ccc(N)cc1N1C(=O)CC2(CCCC2)C1=O. The number of nitrogens with zero attached hydrogens (tertiary/aromatic N) is 1. The highest BCUT2D eigenvalue weighted by Crippen LogP contribution is 2.48. The van der Waals surface area contributed by atoms with Crippen LogP contribution in [0.15, 0.2) is 18.2 Å². The lowest BCUT2D eigenvalue weighted by atomic mass is 9.84. The number of nitrogens with two attached hydrogens (primary N) is 1. The second kappa shape index (κ2) is 4.08. The zero-order chi connectivity index (χ0) is 13.6. The van der Waals surface area contributed by atoms with Crippen molar-refractivity contribution in [1.29, 1.82) is 0 Å². The predicted octanol–water partition coefficient (Wildman–Crippen LogP) is 2.40. The zero-order valence-electron chi connectivity index (χ0n) is 11.1. The first kappa shape index (κ1) is 12.2. The van der Waals surface area contributed by atoms with E-state index in [1.165, 1.54) is 4.90 Å². The molecule has 1 aromatic carbocycles. The highest BCUT2D eigenvalue weighted by atomic mass is 16.2. The molecule has 2 aliphatic rings. The van der Waals surface area contributed by atoms with E-state index in [1.54, 1.807) is 12.1 Å². The van der Waals surface area contributed by atoms with Crippen molar-refractivity contribution >= 4 is 23.2 Å². The van der Waals surface area contributed by atoms with Gasteiger partial charge in [0.2, 0.25) is 11.8 Å². The van der Waals surface area contributed by atoms with Crippen LogP contribution >= 0.6 is 0 Å². The molecule has 1 heterocycles. The predicted molar refractivity (Wildman–Crippen MR) is 73.6 cm³/mol. The molecular formula is C15H18N2O2. The molecule has 0 aromatic heterocycles. The zero-order valence-corrected chi connectivity index (χ0v) is 11.1. The van der Waals surface area contributed by atoms with E-state index in [4.69, 9.17) is 5.73 Å². The number of anilines is 2. The minimum Gasteiger partial charge on any atom is -0.399 e. The first-order valence-electron chi connectivity index (χ1n) is 6.77. The Bertz CT molecular complexity index is 559. The standard InChI is InChI=1S/C15H18N2O2/c1-10-4-5-11(16)8-12(10)17-13(18)9-15(14(17)19)6-2-3-7-15/h4-5,8H,2-3,6-7,9,16H2,1H3. The highest BCUT2D eigenvalue weighted by molar-refractivity contribution is 6.23. The molecule has 0 atom stereocenters. The highest BCUT2D eigenvalue weighted by Gasteiger charge is 2.53. The van der Waals surface area contributed by atoms with Gasteiger partial charge in [-0.1, -0.05) is 18.9 Å². The second-order valence-corrected chi connectivity index (χ2v) is 5.74. The maximum atomic E-state index is 12.7. The lowest BCUT2D eigenvalue weighted by Crippen LogP contribution is -2.34. The Balaban J connectivity index is 2.03. The molecule has 0 radical (unpaired) electrons. The molecule has 2 amide bonds. The normalized spacial score (nSPS) is 21.6. The molecule has 4 nitrogen and oxygen atoms in total. The summed E-state index contributed by atoms with van der Waals surface area (Å²) in [6.07, 6.45) is 4.14. The Hall–Kier alpha value is -1.84. The van der Waals surface area contributed by atoms with Crippen LogP contribution in [0, 0.1) is 12.3 Å². The van der Waals surface area contributed by atoms with Crippen molar-refractivity contribution < 1.29 is 9.59 Å². The van der Waals surface area contributed by atoms with E-state index in [0.717, 1.165) is 31.2 Å². The van der Waals surface area contributed by atoms with Gasteiger partial charge in [-0.25, -0.2) is 4.90 Å². The third-order valence-electron chi connectivity index (χ3n) is 4.43. The Morgan fingerprint density at radius 3 is 2.58 bits per heavy atom. The Labute approximate surface area is 112 Å². The van der Waals surface area contributed by atoms with E-state index in [0.29, 0.717) is 17.8 Å². The number of aryl methyl sites for hydroxylation is 1. The van der Waals surface area contributed by atoms with Gasteiger partial charge in [0, 0.05) is 12.1 Å². The third kappa shape index (κ3) is 1.74. The van der Waals surface area contributed by atoms with Crippen LogP contribution in [0.3, 0.4) is 0 Å². The number of hydrogen-bond acceptors (Lipinski definition) is 3. The fourth-order valence-corrected chi connectivity index (χ4v) is 3.35. The summed E-state index contributed by atoms with van der Waals surface area (Å²) in [6, 6.07) is 5.36. The fraction of sp³-hybridized carbons (Fsp3) is 0.467. The fourth-order valence-electron chi connectivity index (χ4n) is 3.35. The molecule has 2 N–H and O–H groups in total. The van der Waals surface area contributed by atoms with Crippen LogP contribution in [0.25, 0.3) is 0 Å². The van der Waals surface area contributed by atoms with Crippen LogP contribution in [0.4, 0.5) is 11.4 Å². The number of nitrogen functional groups attached to an aromatic ring is 1. The second-order valence-electron chi connectivity index (χ2n) is 5.74. The molecular weight excluding hydrogens is 240 g/mol. The van der Waals surface area contributed by atoms with Gasteiger partial charge >= 0.3 is 0 Å². The van der Waals surface area contributed by atoms with Crippen molar-refractivity contribution in [2.75, 3.05) is 10.6 Å². The topological polar surface area (TPSA) is 63.4 Å². The van der Waals surface area contributed by atoms with Gasteiger partial charge in [-0.15, -0.1) is 0 Å². The van der Waals surface area contributed by atoms with Gasteiger partial charge in [-0.05, 0) is 37.5 Å². The largest absolute Gasteiger partial charge is 0.399 e. The Kier molecular flexibility index (Phi) is 2.62. The minimum absolute atomic E-state index is 0.0244. The van der Waals surface area contributed by atoms with E-state index < -0.39 is 5.41 Å². The maximum absolute atomic E-state index is 12.7. The van der Waals surface area contributed by atoms with Gasteiger partial charge in [-0.2, -0.15) is 0 Å². The van der Waals surface area contributed by atoms with Gasteiger partial charge in [0.05, 0.1) is 11.1 Å². The van der Waals surface area contributed by atoms with Gasteiger partial charge in [0.25, 0.3) is 0 Å². The summed E-state index contributed by atoms with van der Waals surface area (Å²) in [4.78, 5) is 26.3. The lowest BCUT2D eigenvalue weighted by Gasteiger charge is -2.22. The maximum Gasteiger partial charge on any atom is 0.240 e. The van der Waals surface area contributed by atoms with Crippen LogP contribution in [0.1, 0.15) is 37.7 Å². The molecule has 1 saturated carbocycles. The summed E-state index contributed by atoms with van der Waals surface area (Å²) in [5.41, 5.74) is 7.50. The molecule has 100 valence electrons. The van der Waals surface area contributed by atoms with Crippen LogP contribution in [0.2, 0.25) is 0 Å². The molecule has 1 aliphatic heterocycles. The molecule has 19 heavy (non-hydrogen) atoms. The monoisotopic (exact) mass is 258 g/mol. The third-order valence-corrected chi connectivity index (χ3v) is 4.43. The molecule has 0 bridgehead atoms. The van der Waals surface area contributed by atoms with Gasteiger partial charge < -0.3 is 5.73 Å². The van der Waals surface area contributed by atoms with Crippen LogP contribution < -0.4 is 10.6 Å². The minimum atomic E-state index is -0.422. The van der Waals surface area contributed by atoms with Gasteiger partial charge in [0.15, 0.2) is 0 Å². The molecule has 1 spiro atoms. The first-order chi connectivity index (χ1) is 9.03. The smallest absolute Gasteiger partial charge is 0.240 e. The summed E-state index contributed by atoms with van der Waals surface area (Å²) in [5.74, 6) is -0.107. The van der Waals surface area contributed by atoms with Crippen LogP contribution in [-0.2, 0) is 9.59 Å². The molecule has 1 aliphatic carbocycles. The van der Waals surface area contributed by atoms with Crippen molar-refractivity contribution in [3.05, 3.63) is 23.8 Å². The molecule has 1 saturated heterocycles. The Morgan fingerprint density at radius 1 is 1.21 bits per heavy atom.